The van der Waals surface area contributed by atoms with Crippen molar-refractivity contribution in [1.82, 2.24) is 0 Å². The Bertz CT molecular complexity index is 203. The van der Waals surface area contributed by atoms with E-state index < -0.39 is 0 Å². The molecule has 0 aliphatic heterocycles. The van der Waals surface area contributed by atoms with Crippen LogP contribution in [0.4, 0.5) is 0 Å². The molecule has 0 N–H and O–H groups in total. The van der Waals surface area contributed by atoms with Gasteiger partial charge in [0.1, 0.15) is 0 Å². The number of rotatable bonds is 2. The van der Waals surface area contributed by atoms with Gasteiger partial charge < -0.3 is 0 Å². The Morgan fingerprint density at radius 2 is 2.08 bits per heavy atom. The Hall–Kier alpha value is -1.54. The van der Waals surface area contributed by atoms with Gasteiger partial charge in [0.15, 0.2) is 0 Å². The molecule has 0 heterocycles. The molecule has 0 aromatic heterocycles. The maximum absolute atomic E-state index is 8.01. The second-order valence-electron chi connectivity index (χ2n) is 2.08. The van der Waals surface area contributed by atoms with Crippen molar-refractivity contribution in [3.63, 3.8) is 0 Å². The molecule has 0 aromatic carbocycles. The Morgan fingerprint density at radius 1 is 1.50 bits per heavy atom. The molecular formula is C10H14N2. The van der Waals surface area contributed by atoms with E-state index in [9.17, 15) is 0 Å². The van der Waals surface area contributed by atoms with E-state index in [1.165, 1.54) is 0 Å². The van der Waals surface area contributed by atoms with Gasteiger partial charge in [0.25, 0.3) is 0 Å². The van der Waals surface area contributed by atoms with Gasteiger partial charge in [0.05, 0.1) is 24.5 Å². The fourth-order valence-electron chi connectivity index (χ4n) is 0.223. The highest BCUT2D eigenvalue weighted by Gasteiger charge is 1.83. The molecule has 2 nitrogen and oxygen atoms in total. The summed E-state index contributed by atoms with van der Waals surface area (Å²) in [4.78, 5) is 0. The van der Waals surface area contributed by atoms with Crippen LogP contribution in [0, 0.1) is 28.6 Å². The number of allylic oxidation sites excluding steroid dienone is 3. The molecule has 0 spiro atoms. The van der Waals surface area contributed by atoms with Crippen LogP contribution in [0.1, 0.15) is 20.3 Å². The molecule has 0 aromatic rings. The third-order valence-corrected chi connectivity index (χ3v) is 1.00. The molecule has 1 atom stereocenters. The molecule has 0 saturated heterocycles. The molecule has 0 aliphatic rings. The van der Waals surface area contributed by atoms with Gasteiger partial charge in [0, 0.05) is 0 Å². The smallest absolute Gasteiger partial charge is 0.0694 e. The molecule has 2 heteroatoms. The van der Waals surface area contributed by atoms with E-state index >= 15 is 0 Å². The second-order valence-corrected chi connectivity index (χ2v) is 2.08. The fraction of sp³-hybridized carbons (Fsp3) is 0.400. The highest BCUT2D eigenvalue weighted by atomic mass is 14.2. The summed E-state index contributed by atoms with van der Waals surface area (Å²) < 4.78 is 0. The third-order valence-electron chi connectivity index (χ3n) is 1.00. The van der Waals surface area contributed by atoms with Crippen molar-refractivity contribution in [2.75, 3.05) is 0 Å². The molecule has 0 aliphatic carbocycles. The van der Waals surface area contributed by atoms with E-state index in [0.29, 0.717) is 6.42 Å². The molecule has 1 unspecified atom stereocenters. The largest absolute Gasteiger partial charge is 0.198 e. The van der Waals surface area contributed by atoms with Crippen LogP contribution in [0.2, 0.25) is 0 Å². The Kier molecular flexibility index (Phi) is 13.3. The van der Waals surface area contributed by atoms with Crippen molar-refractivity contribution in [1.29, 1.82) is 10.5 Å². The van der Waals surface area contributed by atoms with Crippen LogP contribution in [0.15, 0.2) is 24.8 Å². The van der Waals surface area contributed by atoms with Crippen molar-refractivity contribution < 1.29 is 0 Å². The van der Waals surface area contributed by atoms with Crippen LogP contribution >= 0.6 is 0 Å². The minimum atomic E-state index is 0.00463. The van der Waals surface area contributed by atoms with Crippen molar-refractivity contribution in [3.05, 3.63) is 24.8 Å². The lowest BCUT2D eigenvalue weighted by molar-refractivity contribution is 0.960. The maximum Gasteiger partial charge on any atom is 0.0694 e. The minimum Gasteiger partial charge on any atom is -0.198 e. The molecule has 0 saturated carbocycles. The maximum atomic E-state index is 8.01. The van der Waals surface area contributed by atoms with Gasteiger partial charge in [-0.15, -0.1) is 6.58 Å². The monoisotopic (exact) mass is 162 g/mol. The lowest BCUT2D eigenvalue weighted by Crippen LogP contribution is -1.76. The highest BCUT2D eigenvalue weighted by molar-refractivity contribution is 4.91. The van der Waals surface area contributed by atoms with Crippen molar-refractivity contribution >= 4 is 0 Å². The Balaban J connectivity index is 0. The molecule has 0 amide bonds. The normalized spacial score (nSPS) is 10.3. The van der Waals surface area contributed by atoms with Gasteiger partial charge in [-0.1, -0.05) is 18.2 Å². The van der Waals surface area contributed by atoms with Crippen LogP contribution in [-0.2, 0) is 0 Å². The topological polar surface area (TPSA) is 47.6 Å². The first-order chi connectivity index (χ1) is 5.72. The fourth-order valence-corrected chi connectivity index (χ4v) is 0.223. The van der Waals surface area contributed by atoms with Gasteiger partial charge >= 0.3 is 0 Å². The van der Waals surface area contributed by atoms with Crippen LogP contribution in [0.5, 0.6) is 0 Å². The standard InChI is InChI=1S/2C5H7N/c1-3-5(2)4-6;1-2-3-4-5-6/h3,5H,1H2,2H3;2-3H,4H2,1H3. The predicted molar refractivity (Wildman–Crippen MR) is 50.0 cm³/mol. The summed E-state index contributed by atoms with van der Waals surface area (Å²) in [6, 6.07) is 3.98. The molecule has 0 rings (SSSR count). The molecule has 0 bridgehead atoms. The van der Waals surface area contributed by atoms with E-state index in [1.54, 1.807) is 13.0 Å². The zero-order valence-electron chi connectivity index (χ0n) is 7.62. The first-order valence-electron chi connectivity index (χ1n) is 3.73. The van der Waals surface area contributed by atoms with Crippen molar-refractivity contribution in [2.24, 2.45) is 5.92 Å². The lowest BCUT2D eigenvalue weighted by Gasteiger charge is -1.80. The van der Waals surface area contributed by atoms with Crippen LogP contribution in [0.25, 0.3) is 0 Å². The average molecular weight is 162 g/mol. The SMILES string of the molecule is C=CC(C)C#N.CC=CCC#N. The first kappa shape index (κ1) is 13.1. The van der Waals surface area contributed by atoms with Crippen molar-refractivity contribution in [3.8, 4) is 12.1 Å². The zero-order valence-corrected chi connectivity index (χ0v) is 7.62. The van der Waals surface area contributed by atoms with E-state index in [1.807, 2.05) is 31.2 Å². The summed E-state index contributed by atoms with van der Waals surface area (Å²) in [6.07, 6.45) is 5.83. The number of hydrogen-bond acceptors (Lipinski definition) is 2. The molecule has 12 heavy (non-hydrogen) atoms. The zero-order chi connectivity index (χ0) is 9.82. The van der Waals surface area contributed by atoms with E-state index in [0.717, 1.165) is 0 Å². The second kappa shape index (κ2) is 12.2. The van der Waals surface area contributed by atoms with Crippen LogP contribution in [0.3, 0.4) is 0 Å². The summed E-state index contributed by atoms with van der Waals surface area (Å²) in [6.45, 7) is 7.11. The molecule has 0 fully saturated rings. The van der Waals surface area contributed by atoms with Gasteiger partial charge in [-0.05, 0) is 13.8 Å². The first-order valence-corrected chi connectivity index (χ1v) is 3.73. The van der Waals surface area contributed by atoms with Gasteiger partial charge in [-0.2, -0.15) is 10.5 Å². The quantitative estimate of drug-likeness (QED) is 0.586. The van der Waals surface area contributed by atoms with Gasteiger partial charge in [-0.3, -0.25) is 0 Å². The predicted octanol–water partition coefficient (Wildman–Crippen LogP) is 2.81. The Morgan fingerprint density at radius 3 is 2.17 bits per heavy atom. The lowest BCUT2D eigenvalue weighted by atomic mass is 10.2. The highest BCUT2D eigenvalue weighted by Crippen LogP contribution is 1.87. The number of hydrogen-bond donors (Lipinski definition) is 0. The molecule has 0 radical (unpaired) electrons. The van der Waals surface area contributed by atoms with Crippen LogP contribution in [-0.4, -0.2) is 0 Å². The minimum absolute atomic E-state index is 0.00463. The third kappa shape index (κ3) is 15.8. The summed E-state index contributed by atoms with van der Waals surface area (Å²) in [5, 5.41) is 15.9. The molecular weight excluding hydrogens is 148 g/mol. The summed E-state index contributed by atoms with van der Waals surface area (Å²) >= 11 is 0. The summed E-state index contributed by atoms with van der Waals surface area (Å²) in [7, 11) is 0. The van der Waals surface area contributed by atoms with E-state index in [4.69, 9.17) is 10.5 Å². The number of nitrogens with zero attached hydrogens (tertiary/aromatic N) is 2. The van der Waals surface area contributed by atoms with Gasteiger partial charge in [-0.25, -0.2) is 0 Å². The Labute approximate surface area is 74.4 Å². The van der Waals surface area contributed by atoms with Gasteiger partial charge in [0.2, 0.25) is 0 Å². The average Bonchev–Trinajstić information content (AvgIpc) is 2.14. The number of nitriles is 2. The van der Waals surface area contributed by atoms with Crippen molar-refractivity contribution in [2.45, 2.75) is 20.3 Å². The van der Waals surface area contributed by atoms with Crippen LogP contribution < -0.4 is 0 Å². The van der Waals surface area contributed by atoms with E-state index in [2.05, 4.69) is 6.58 Å². The summed E-state index contributed by atoms with van der Waals surface area (Å²) in [5.41, 5.74) is 0. The molecule has 64 valence electrons. The summed E-state index contributed by atoms with van der Waals surface area (Å²) in [5.74, 6) is 0.00463. The van der Waals surface area contributed by atoms with E-state index in [-0.39, 0.29) is 5.92 Å².